The summed E-state index contributed by atoms with van der Waals surface area (Å²) in [7, 11) is 0. The predicted octanol–water partition coefficient (Wildman–Crippen LogP) is -5.30. The van der Waals surface area contributed by atoms with Crippen LogP contribution in [0.3, 0.4) is 0 Å². The highest BCUT2D eigenvalue weighted by molar-refractivity contribution is 5.73. The minimum atomic E-state index is -1.98. The van der Waals surface area contributed by atoms with Gasteiger partial charge in [-0.3, -0.25) is 0 Å². The molecule has 8 N–H and O–H groups in total. The van der Waals surface area contributed by atoms with Crippen LogP contribution in [0.2, 0.25) is 0 Å². The van der Waals surface area contributed by atoms with Crippen LogP contribution in [-0.2, 0) is 19.0 Å². The number of aliphatic carboxylic acids is 1. The van der Waals surface area contributed by atoms with E-state index in [9.17, 15) is 35.4 Å². The maximum Gasteiger partial charge on any atom is 0.335 e. The Labute approximate surface area is 135 Å². The minimum Gasteiger partial charge on any atom is -0.479 e. The Balaban J connectivity index is 2.18. The van der Waals surface area contributed by atoms with Crippen LogP contribution in [0, 0.1) is 0 Å². The van der Waals surface area contributed by atoms with Crippen molar-refractivity contribution in [3.8, 4) is 0 Å². The SMILES string of the molecule is O=C(O)[C@H]1OC(O)[C@H](O)[C@@H](O)[C@@H]1O[C@@H]1O[C@H](CO)[C@@H](O)[C@H](O)[C@H]1O. The number of hydrogen-bond donors (Lipinski definition) is 8. The summed E-state index contributed by atoms with van der Waals surface area (Å²) in [6.45, 7) is -0.738. The molecule has 12 nitrogen and oxygen atoms in total. The summed E-state index contributed by atoms with van der Waals surface area (Å²) >= 11 is 0. The molecule has 140 valence electrons. The van der Waals surface area contributed by atoms with Gasteiger partial charge < -0.3 is 55.1 Å². The van der Waals surface area contributed by atoms with Crippen molar-refractivity contribution < 1.29 is 59.9 Å². The summed E-state index contributed by atoms with van der Waals surface area (Å²) < 4.78 is 14.8. The highest BCUT2D eigenvalue weighted by atomic mass is 16.7. The van der Waals surface area contributed by atoms with E-state index < -0.39 is 74.0 Å². The Morgan fingerprint density at radius 3 is 2.04 bits per heavy atom. The smallest absolute Gasteiger partial charge is 0.335 e. The van der Waals surface area contributed by atoms with Crippen LogP contribution < -0.4 is 0 Å². The molecule has 0 amide bonds. The van der Waals surface area contributed by atoms with Gasteiger partial charge in [0.15, 0.2) is 18.7 Å². The second-order valence-electron chi connectivity index (χ2n) is 5.56. The highest BCUT2D eigenvalue weighted by Crippen LogP contribution is 2.28. The fraction of sp³-hybridized carbons (Fsp3) is 0.917. The van der Waals surface area contributed by atoms with Gasteiger partial charge in [0.1, 0.15) is 42.7 Å². The molecule has 2 rings (SSSR count). The molecular weight excluding hydrogens is 336 g/mol. The zero-order valence-corrected chi connectivity index (χ0v) is 12.2. The first kappa shape index (κ1) is 19.4. The van der Waals surface area contributed by atoms with E-state index in [4.69, 9.17) is 19.7 Å². The van der Waals surface area contributed by atoms with Gasteiger partial charge in [-0.25, -0.2) is 4.79 Å². The quantitative estimate of drug-likeness (QED) is 0.238. The fourth-order valence-corrected chi connectivity index (χ4v) is 2.54. The van der Waals surface area contributed by atoms with E-state index >= 15 is 0 Å². The van der Waals surface area contributed by atoms with Gasteiger partial charge in [-0.15, -0.1) is 0 Å². The first-order chi connectivity index (χ1) is 11.2. The molecule has 0 bridgehead atoms. The molecule has 0 spiro atoms. The van der Waals surface area contributed by atoms with Crippen molar-refractivity contribution in [1.82, 2.24) is 0 Å². The number of carboxylic acids is 1. The van der Waals surface area contributed by atoms with Gasteiger partial charge in [-0.05, 0) is 0 Å². The van der Waals surface area contributed by atoms with Gasteiger partial charge in [-0.2, -0.15) is 0 Å². The third-order valence-corrected chi connectivity index (χ3v) is 3.95. The Kier molecular flexibility index (Phi) is 6.09. The van der Waals surface area contributed by atoms with E-state index in [1.807, 2.05) is 0 Å². The molecule has 12 heteroatoms. The van der Waals surface area contributed by atoms with Gasteiger partial charge in [0.05, 0.1) is 6.61 Å². The Morgan fingerprint density at radius 2 is 1.50 bits per heavy atom. The maximum atomic E-state index is 11.2. The first-order valence-electron chi connectivity index (χ1n) is 7.07. The molecule has 0 radical (unpaired) electrons. The lowest BCUT2D eigenvalue weighted by molar-refractivity contribution is -0.350. The molecule has 2 aliphatic heterocycles. The van der Waals surface area contributed by atoms with E-state index in [1.165, 1.54) is 0 Å². The largest absolute Gasteiger partial charge is 0.479 e. The lowest BCUT2D eigenvalue weighted by Crippen LogP contribution is -2.65. The zero-order chi connectivity index (χ0) is 18.2. The summed E-state index contributed by atoms with van der Waals surface area (Å²) in [4.78, 5) is 11.2. The molecule has 2 heterocycles. The van der Waals surface area contributed by atoms with Crippen molar-refractivity contribution in [1.29, 1.82) is 0 Å². The second kappa shape index (κ2) is 7.53. The molecule has 2 fully saturated rings. The number of aliphatic hydroxyl groups excluding tert-OH is 7. The van der Waals surface area contributed by atoms with E-state index in [-0.39, 0.29) is 0 Å². The minimum absolute atomic E-state index is 0.738. The summed E-state index contributed by atoms with van der Waals surface area (Å²) in [6.07, 6.45) is -17.8. The monoisotopic (exact) mass is 356 g/mol. The molecule has 0 aromatic carbocycles. The van der Waals surface area contributed by atoms with Crippen LogP contribution in [-0.4, -0.2) is 115 Å². The molecule has 0 saturated carbocycles. The summed E-state index contributed by atoms with van der Waals surface area (Å²) in [5.74, 6) is -1.63. The predicted molar refractivity (Wildman–Crippen MR) is 69.2 cm³/mol. The van der Waals surface area contributed by atoms with Gasteiger partial charge >= 0.3 is 5.97 Å². The van der Waals surface area contributed by atoms with Crippen LogP contribution in [0.1, 0.15) is 0 Å². The number of carbonyl (C=O) groups is 1. The van der Waals surface area contributed by atoms with Gasteiger partial charge in [0.25, 0.3) is 0 Å². The summed E-state index contributed by atoms with van der Waals surface area (Å²) in [5, 5.41) is 76.2. The lowest BCUT2D eigenvalue weighted by atomic mass is 9.97. The van der Waals surface area contributed by atoms with Crippen LogP contribution in [0.5, 0.6) is 0 Å². The van der Waals surface area contributed by atoms with Gasteiger partial charge in [0, 0.05) is 0 Å². The van der Waals surface area contributed by atoms with E-state index in [0.717, 1.165) is 0 Å². The maximum absolute atomic E-state index is 11.2. The van der Waals surface area contributed by atoms with Crippen LogP contribution in [0.4, 0.5) is 0 Å². The van der Waals surface area contributed by atoms with E-state index in [0.29, 0.717) is 0 Å². The van der Waals surface area contributed by atoms with Crippen LogP contribution in [0.15, 0.2) is 0 Å². The molecule has 0 aromatic rings. The van der Waals surface area contributed by atoms with Crippen molar-refractivity contribution in [3.05, 3.63) is 0 Å². The summed E-state index contributed by atoms with van der Waals surface area (Å²) in [5.41, 5.74) is 0. The third kappa shape index (κ3) is 3.52. The number of carboxylic acid groups (broad SMARTS) is 1. The van der Waals surface area contributed by atoms with Crippen LogP contribution >= 0.6 is 0 Å². The Morgan fingerprint density at radius 1 is 0.875 bits per heavy atom. The topological polar surface area (TPSA) is 207 Å². The molecule has 1 unspecified atom stereocenters. The first-order valence-corrected chi connectivity index (χ1v) is 7.07. The summed E-state index contributed by atoms with van der Waals surface area (Å²) in [6, 6.07) is 0. The van der Waals surface area contributed by atoms with E-state index in [2.05, 4.69) is 4.74 Å². The average molecular weight is 356 g/mol. The molecule has 10 atom stereocenters. The van der Waals surface area contributed by atoms with Crippen LogP contribution in [0.25, 0.3) is 0 Å². The highest BCUT2D eigenvalue weighted by Gasteiger charge is 2.52. The van der Waals surface area contributed by atoms with Crippen molar-refractivity contribution in [2.24, 2.45) is 0 Å². The fourth-order valence-electron chi connectivity index (χ4n) is 2.54. The molecule has 2 aliphatic rings. The van der Waals surface area contributed by atoms with Gasteiger partial charge in [-0.1, -0.05) is 0 Å². The molecule has 24 heavy (non-hydrogen) atoms. The number of hydrogen-bond acceptors (Lipinski definition) is 11. The normalized spacial score (nSPS) is 49.8. The Hall–Kier alpha value is -0.930. The van der Waals surface area contributed by atoms with E-state index in [1.54, 1.807) is 0 Å². The average Bonchev–Trinajstić information content (AvgIpc) is 2.54. The number of rotatable bonds is 4. The number of aliphatic hydroxyl groups is 7. The van der Waals surface area contributed by atoms with Gasteiger partial charge in [0.2, 0.25) is 0 Å². The van der Waals surface area contributed by atoms with Crippen molar-refractivity contribution in [2.75, 3.05) is 6.61 Å². The molecule has 2 saturated heterocycles. The standard InChI is InChI=1S/C12H20O12/c13-1-2-3(14)4(15)7(18)12(22-2)24-8-5(16)6(17)11(21)23-9(8)10(19)20/h2-9,11-18,21H,1H2,(H,19,20)/t2-,3-,4+,5-,6-,7-,8+,9+,11?,12+/m1/s1. The van der Waals surface area contributed by atoms with Crippen molar-refractivity contribution in [3.63, 3.8) is 0 Å². The molecule has 0 aromatic heterocycles. The van der Waals surface area contributed by atoms with Crippen molar-refractivity contribution in [2.45, 2.75) is 61.4 Å². The zero-order valence-electron chi connectivity index (χ0n) is 12.2. The second-order valence-corrected chi connectivity index (χ2v) is 5.56. The third-order valence-electron chi connectivity index (χ3n) is 3.95. The van der Waals surface area contributed by atoms with Crippen molar-refractivity contribution >= 4 is 5.97 Å². The molecule has 0 aliphatic carbocycles. The molecular formula is C12H20O12. The Bertz CT molecular complexity index is 444. The lowest BCUT2D eigenvalue weighted by Gasteiger charge is -2.44. The number of ether oxygens (including phenoxy) is 3.